The zero-order valence-electron chi connectivity index (χ0n) is 11.1. The van der Waals surface area contributed by atoms with Gasteiger partial charge in [0.15, 0.2) is 0 Å². The third-order valence-electron chi connectivity index (χ3n) is 3.83. The number of ether oxygens (including phenoxy) is 1. The molecule has 2 aliphatic heterocycles. The highest BCUT2D eigenvalue weighted by Crippen LogP contribution is 2.21. The van der Waals surface area contributed by atoms with Gasteiger partial charge in [0.25, 0.3) is 0 Å². The molecular weight excluding hydrogens is 252 g/mol. The molecule has 18 heavy (non-hydrogen) atoms. The van der Waals surface area contributed by atoms with Gasteiger partial charge in [0, 0.05) is 24.8 Å². The fraction of sp³-hybridized carbons (Fsp3) is 1.00. The van der Waals surface area contributed by atoms with Crippen LogP contribution in [0.4, 0.5) is 0 Å². The summed E-state index contributed by atoms with van der Waals surface area (Å²) in [4.78, 5) is 0. The van der Waals surface area contributed by atoms with Crippen molar-refractivity contribution < 1.29 is 13.2 Å². The molecule has 0 bridgehead atoms. The highest BCUT2D eigenvalue weighted by Gasteiger charge is 2.33. The maximum atomic E-state index is 12.2. The molecule has 2 fully saturated rings. The number of hydrogen-bond donors (Lipinski definition) is 2. The van der Waals surface area contributed by atoms with Crippen LogP contribution in [0.3, 0.4) is 0 Å². The van der Waals surface area contributed by atoms with Gasteiger partial charge < -0.3 is 10.1 Å². The highest BCUT2D eigenvalue weighted by atomic mass is 32.2. The van der Waals surface area contributed by atoms with Crippen molar-refractivity contribution in [2.75, 3.05) is 25.5 Å². The Balaban J connectivity index is 1.89. The number of sulfonamides is 1. The number of rotatable bonds is 4. The van der Waals surface area contributed by atoms with Crippen molar-refractivity contribution in [3.63, 3.8) is 0 Å². The first-order valence-electron chi connectivity index (χ1n) is 6.82. The van der Waals surface area contributed by atoms with E-state index >= 15 is 0 Å². The Morgan fingerprint density at radius 2 is 2.06 bits per heavy atom. The summed E-state index contributed by atoms with van der Waals surface area (Å²) < 4.78 is 32.5. The summed E-state index contributed by atoms with van der Waals surface area (Å²) in [5, 5.41) is 3.28. The van der Waals surface area contributed by atoms with Crippen LogP contribution in [0.1, 0.15) is 39.0 Å². The summed E-state index contributed by atoms with van der Waals surface area (Å²) in [6.45, 7) is 4.19. The zero-order chi connectivity index (χ0) is 13.1. The Morgan fingerprint density at radius 3 is 2.67 bits per heavy atom. The van der Waals surface area contributed by atoms with Crippen molar-refractivity contribution in [3.05, 3.63) is 0 Å². The SMILES string of the molecule is CC1(NS(=O)(=O)CC2CCCCN2)CCOCC1. The quantitative estimate of drug-likeness (QED) is 0.790. The molecule has 0 spiro atoms. The fourth-order valence-electron chi connectivity index (χ4n) is 2.67. The second kappa shape index (κ2) is 5.86. The topological polar surface area (TPSA) is 67.4 Å². The molecule has 0 saturated carbocycles. The maximum Gasteiger partial charge on any atom is 0.213 e. The van der Waals surface area contributed by atoms with Gasteiger partial charge in [-0.15, -0.1) is 0 Å². The van der Waals surface area contributed by atoms with Crippen molar-refractivity contribution in [1.29, 1.82) is 0 Å². The minimum absolute atomic E-state index is 0.111. The highest BCUT2D eigenvalue weighted by molar-refractivity contribution is 7.89. The molecule has 0 radical (unpaired) electrons. The van der Waals surface area contributed by atoms with Gasteiger partial charge in [-0.3, -0.25) is 0 Å². The lowest BCUT2D eigenvalue weighted by atomic mass is 9.94. The van der Waals surface area contributed by atoms with Crippen LogP contribution >= 0.6 is 0 Å². The summed E-state index contributed by atoms with van der Waals surface area (Å²) in [6.07, 6.45) is 4.74. The normalized spacial score (nSPS) is 29.1. The first-order valence-corrected chi connectivity index (χ1v) is 8.47. The van der Waals surface area contributed by atoms with Gasteiger partial charge >= 0.3 is 0 Å². The Bertz CT molecular complexity index is 358. The molecule has 0 aromatic heterocycles. The Morgan fingerprint density at radius 1 is 1.33 bits per heavy atom. The van der Waals surface area contributed by atoms with Crippen LogP contribution in [0.2, 0.25) is 0 Å². The largest absolute Gasteiger partial charge is 0.381 e. The van der Waals surface area contributed by atoms with Gasteiger partial charge in [-0.2, -0.15) is 0 Å². The van der Waals surface area contributed by atoms with Crippen molar-refractivity contribution in [2.24, 2.45) is 0 Å². The maximum absolute atomic E-state index is 12.2. The molecule has 2 heterocycles. The van der Waals surface area contributed by atoms with Crippen molar-refractivity contribution >= 4 is 10.0 Å². The average molecular weight is 276 g/mol. The van der Waals surface area contributed by atoms with E-state index in [2.05, 4.69) is 10.0 Å². The van der Waals surface area contributed by atoms with Crippen molar-refractivity contribution in [2.45, 2.75) is 50.6 Å². The van der Waals surface area contributed by atoms with E-state index in [4.69, 9.17) is 4.74 Å². The van der Waals surface area contributed by atoms with Crippen molar-refractivity contribution in [3.8, 4) is 0 Å². The molecule has 2 N–H and O–H groups in total. The lowest BCUT2D eigenvalue weighted by Crippen LogP contribution is -2.52. The van der Waals surface area contributed by atoms with Gasteiger partial charge in [-0.1, -0.05) is 6.42 Å². The van der Waals surface area contributed by atoms with Crippen molar-refractivity contribution in [1.82, 2.24) is 10.0 Å². The van der Waals surface area contributed by atoms with Gasteiger partial charge in [0.2, 0.25) is 10.0 Å². The molecule has 2 saturated heterocycles. The van der Waals surface area contributed by atoms with Gasteiger partial charge in [0.1, 0.15) is 0 Å². The van der Waals surface area contributed by atoms with E-state index in [1.165, 1.54) is 0 Å². The summed E-state index contributed by atoms with van der Waals surface area (Å²) in [5.74, 6) is 0.198. The van der Waals surface area contributed by atoms with Crippen LogP contribution in [0.15, 0.2) is 0 Å². The summed E-state index contributed by atoms with van der Waals surface area (Å²) in [5.41, 5.74) is -0.328. The molecule has 0 aliphatic carbocycles. The van der Waals surface area contributed by atoms with Crippen LogP contribution in [0, 0.1) is 0 Å². The van der Waals surface area contributed by atoms with E-state index in [1.54, 1.807) is 0 Å². The Hall–Kier alpha value is -0.170. The second-order valence-electron chi connectivity index (χ2n) is 5.70. The lowest BCUT2D eigenvalue weighted by Gasteiger charge is -2.34. The fourth-order valence-corrected chi connectivity index (χ4v) is 4.52. The summed E-state index contributed by atoms with van der Waals surface area (Å²) >= 11 is 0. The zero-order valence-corrected chi connectivity index (χ0v) is 11.9. The molecule has 0 aromatic rings. The smallest absolute Gasteiger partial charge is 0.213 e. The molecular formula is C12H24N2O3S. The minimum Gasteiger partial charge on any atom is -0.381 e. The van der Waals surface area contributed by atoms with Crippen LogP contribution < -0.4 is 10.0 Å². The first-order chi connectivity index (χ1) is 8.49. The van der Waals surface area contributed by atoms with Gasteiger partial charge in [0.05, 0.1) is 5.75 Å². The van der Waals surface area contributed by atoms with Gasteiger partial charge in [-0.05, 0) is 39.2 Å². The van der Waals surface area contributed by atoms with Crippen LogP contribution in [-0.2, 0) is 14.8 Å². The molecule has 1 atom stereocenters. The standard InChI is InChI=1S/C12H24N2O3S/c1-12(5-8-17-9-6-12)14-18(15,16)10-11-4-2-3-7-13-11/h11,13-14H,2-10H2,1H3. The molecule has 106 valence electrons. The van der Waals surface area contributed by atoms with Crippen LogP contribution in [-0.4, -0.2) is 45.5 Å². The lowest BCUT2D eigenvalue weighted by molar-refractivity contribution is 0.0537. The van der Waals surface area contributed by atoms with E-state index in [9.17, 15) is 8.42 Å². The van der Waals surface area contributed by atoms with E-state index in [0.717, 1.165) is 38.6 Å². The van der Waals surface area contributed by atoms with E-state index in [1.807, 2.05) is 6.92 Å². The molecule has 0 aromatic carbocycles. The monoisotopic (exact) mass is 276 g/mol. The number of nitrogens with one attached hydrogen (secondary N) is 2. The molecule has 5 nitrogen and oxygen atoms in total. The Labute approximate surface area is 110 Å². The number of hydrogen-bond acceptors (Lipinski definition) is 4. The molecule has 0 amide bonds. The van der Waals surface area contributed by atoms with Crippen LogP contribution in [0.5, 0.6) is 0 Å². The summed E-state index contributed by atoms with van der Waals surface area (Å²) in [7, 11) is -3.21. The predicted molar refractivity (Wildman–Crippen MR) is 71.0 cm³/mol. The Kier molecular flexibility index (Phi) is 4.64. The van der Waals surface area contributed by atoms with Crippen LogP contribution in [0.25, 0.3) is 0 Å². The summed E-state index contributed by atoms with van der Waals surface area (Å²) in [6, 6.07) is 0.111. The number of piperidine rings is 1. The third-order valence-corrected chi connectivity index (χ3v) is 5.48. The molecule has 2 aliphatic rings. The van der Waals surface area contributed by atoms with E-state index in [-0.39, 0.29) is 17.3 Å². The average Bonchev–Trinajstić information content (AvgIpc) is 2.29. The minimum atomic E-state index is -3.21. The van der Waals surface area contributed by atoms with E-state index < -0.39 is 10.0 Å². The molecule has 1 unspecified atom stereocenters. The second-order valence-corrected chi connectivity index (χ2v) is 7.47. The molecule has 6 heteroatoms. The predicted octanol–water partition coefficient (Wildman–Crippen LogP) is 0.617. The van der Waals surface area contributed by atoms with Gasteiger partial charge in [-0.25, -0.2) is 13.1 Å². The first kappa shape index (κ1) is 14.2. The van der Waals surface area contributed by atoms with E-state index in [0.29, 0.717) is 13.2 Å². The molecule has 2 rings (SSSR count). The third kappa shape index (κ3) is 4.19.